The largest absolute Gasteiger partial charge is 1.00 e. The van der Waals surface area contributed by atoms with Gasteiger partial charge >= 0.3 is 53.7 Å². The zero-order chi connectivity index (χ0) is 28.2. The van der Waals surface area contributed by atoms with Crippen molar-refractivity contribution in [3.63, 3.8) is 0 Å². The monoisotopic (exact) mass is 572 g/mol. The van der Waals surface area contributed by atoms with Crippen molar-refractivity contribution in [2.75, 3.05) is 46.5 Å². The predicted octanol–water partition coefficient (Wildman–Crippen LogP) is -0.110. The van der Waals surface area contributed by atoms with Crippen LogP contribution in [0, 0.1) is 0 Å². The number of aliphatic carboxylic acids is 1. The Balaban J connectivity index is 0. The number of carboxylic acid groups (broad SMARTS) is 1. The molecule has 0 bridgehead atoms. The molecule has 0 spiro atoms. The Bertz CT molecular complexity index is 752. The van der Waals surface area contributed by atoms with E-state index in [4.69, 9.17) is 24.1 Å². The van der Waals surface area contributed by atoms with E-state index >= 15 is 0 Å². The van der Waals surface area contributed by atoms with Crippen LogP contribution in [0.4, 0.5) is 9.59 Å². The summed E-state index contributed by atoms with van der Waals surface area (Å²) < 4.78 is 25.7. The Hall–Kier alpha value is -1.64. The molecule has 2 aliphatic heterocycles. The topological polar surface area (TPSA) is 171 Å². The first kappa shape index (κ1) is 39.5. The molecule has 0 unspecified atom stereocenters. The van der Waals surface area contributed by atoms with Gasteiger partial charge in [-0.3, -0.25) is 0 Å². The fourth-order valence-electron chi connectivity index (χ4n) is 3.50. The number of nitrogens with zero attached hydrogens (tertiary/aromatic N) is 2. The number of carbonyl (C=O) groups excluding carboxylic acids is 3. The van der Waals surface area contributed by atoms with E-state index in [1.807, 2.05) is 41.5 Å². The van der Waals surface area contributed by atoms with Crippen LogP contribution in [-0.2, 0) is 33.3 Å². The van der Waals surface area contributed by atoms with Crippen molar-refractivity contribution in [2.45, 2.75) is 90.6 Å². The Morgan fingerprint density at radius 3 is 1.33 bits per heavy atom. The summed E-state index contributed by atoms with van der Waals surface area (Å²) in [6.45, 7) is 12.9. The van der Waals surface area contributed by atoms with Crippen LogP contribution in [0.2, 0.25) is 0 Å². The normalized spacial score (nSPS) is 16.5. The molecule has 2 fully saturated rings. The molecule has 0 radical (unpaired) electrons. The van der Waals surface area contributed by atoms with Crippen molar-refractivity contribution in [2.24, 2.45) is 0 Å². The third-order valence-corrected chi connectivity index (χ3v) is 5.29. The first-order valence-corrected chi connectivity index (χ1v) is 12.6. The van der Waals surface area contributed by atoms with Gasteiger partial charge in [0, 0.05) is 26.2 Å². The Morgan fingerprint density at radius 1 is 0.718 bits per heavy atom. The van der Waals surface area contributed by atoms with Gasteiger partial charge < -0.3 is 44.1 Å². The van der Waals surface area contributed by atoms with Gasteiger partial charge in [-0.1, -0.05) is 0 Å². The minimum absolute atomic E-state index is 0. The van der Waals surface area contributed by atoms with Crippen molar-refractivity contribution in [1.82, 2.24) is 9.80 Å². The van der Waals surface area contributed by atoms with Crippen LogP contribution in [0.25, 0.3) is 0 Å². The molecule has 2 heterocycles. The van der Waals surface area contributed by atoms with Gasteiger partial charge in [0.1, 0.15) is 24.4 Å². The Kier molecular flexibility index (Phi) is 18.9. The van der Waals surface area contributed by atoms with Crippen LogP contribution in [0.1, 0.15) is 67.2 Å². The molecule has 0 aliphatic carbocycles. The standard InChI is InChI=1S/C13H23NO5.C12H21NO5.Na.H2O/c1-13(2,3)19-12(16)14-7-5-10(6-8-14)18-9-11(15)17-4;1-12(2,3)18-11(16)13-6-4-9(5-7-13)17-8-10(14)15;;/h10H,5-9H2,1-4H3;9H,4-8H2,1-3H3,(H,14,15);;1H2/q;;+1;/p-1. The molecule has 0 aromatic rings. The molecule has 13 nitrogen and oxygen atoms in total. The average molecular weight is 573 g/mol. The van der Waals surface area contributed by atoms with E-state index in [1.54, 1.807) is 9.80 Å². The van der Waals surface area contributed by atoms with E-state index in [1.165, 1.54) is 7.11 Å². The number of hydrogen-bond acceptors (Lipinski definition) is 10. The van der Waals surface area contributed by atoms with E-state index in [0.29, 0.717) is 51.9 Å². The van der Waals surface area contributed by atoms with Crippen LogP contribution in [0.5, 0.6) is 0 Å². The smallest absolute Gasteiger partial charge is 0.870 e. The van der Waals surface area contributed by atoms with Gasteiger partial charge in [0.05, 0.1) is 19.3 Å². The van der Waals surface area contributed by atoms with Crippen LogP contribution >= 0.6 is 0 Å². The maximum atomic E-state index is 11.8. The van der Waals surface area contributed by atoms with E-state index in [2.05, 4.69) is 4.74 Å². The van der Waals surface area contributed by atoms with Gasteiger partial charge in [-0.25, -0.2) is 19.2 Å². The number of carbonyl (C=O) groups is 4. The average Bonchev–Trinajstić information content (AvgIpc) is 2.80. The third kappa shape index (κ3) is 18.4. The molecule has 0 atom stereocenters. The molecule has 2 aliphatic rings. The maximum absolute atomic E-state index is 11.8. The number of piperidine rings is 2. The zero-order valence-corrected chi connectivity index (χ0v) is 26.7. The van der Waals surface area contributed by atoms with Crippen LogP contribution < -0.4 is 29.6 Å². The summed E-state index contributed by atoms with van der Waals surface area (Å²) in [5.41, 5.74) is -0.969. The van der Waals surface area contributed by atoms with Crippen LogP contribution in [0.3, 0.4) is 0 Å². The molecule has 2 saturated heterocycles. The summed E-state index contributed by atoms with van der Waals surface area (Å²) in [5.74, 6) is -1.35. The summed E-state index contributed by atoms with van der Waals surface area (Å²) in [7, 11) is 1.33. The molecule has 39 heavy (non-hydrogen) atoms. The molecule has 2 N–H and O–H groups in total. The summed E-state index contributed by atoms with van der Waals surface area (Å²) in [5, 5.41) is 8.50. The maximum Gasteiger partial charge on any atom is 1.00 e. The number of carboxylic acids is 1. The number of hydrogen-bond donors (Lipinski definition) is 1. The van der Waals surface area contributed by atoms with Gasteiger partial charge in [0.25, 0.3) is 0 Å². The number of ether oxygens (including phenoxy) is 5. The number of methoxy groups -OCH3 is 1. The van der Waals surface area contributed by atoms with E-state index in [9.17, 15) is 19.2 Å². The van der Waals surface area contributed by atoms with Gasteiger partial charge in [-0.2, -0.15) is 0 Å². The molecule has 2 amide bonds. The molecule has 0 aromatic carbocycles. The van der Waals surface area contributed by atoms with Crippen molar-refractivity contribution in [3.8, 4) is 0 Å². The van der Waals surface area contributed by atoms with Crippen molar-refractivity contribution in [3.05, 3.63) is 0 Å². The predicted molar refractivity (Wildman–Crippen MR) is 135 cm³/mol. The Labute approximate surface area is 253 Å². The second kappa shape index (κ2) is 18.7. The first-order valence-electron chi connectivity index (χ1n) is 12.6. The molecule has 14 heteroatoms. The fourth-order valence-corrected chi connectivity index (χ4v) is 3.50. The number of amides is 2. The molecular formula is C25H45N2NaO11. The Morgan fingerprint density at radius 2 is 1.05 bits per heavy atom. The molecular weight excluding hydrogens is 527 g/mol. The minimum Gasteiger partial charge on any atom is -0.870 e. The molecule has 222 valence electrons. The van der Waals surface area contributed by atoms with E-state index in [-0.39, 0.29) is 78.6 Å². The summed E-state index contributed by atoms with van der Waals surface area (Å²) in [6, 6.07) is 0. The van der Waals surface area contributed by atoms with Crippen molar-refractivity contribution >= 4 is 24.1 Å². The minimum atomic E-state index is -0.968. The van der Waals surface area contributed by atoms with Gasteiger partial charge in [0.15, 0.2) is 0 Å². The second-order valence-corrected chi connectivity index (χ2v) is 10.9. The number of esters is 1. The van der Waals surface area contributed by atoms with E-state index < -0.39 is 17.2 Å². The van der Waals surface area contributed by atoms with Gasteiger partial charge in [-0.05, 0) is 67.2 Å². The summed E-state index contributed by atoms with van der Waals surface area (Å²) in [6.07, 6.45) is 2.00. The second-order valence-electron chi connectivity index (χ2n) is 10.9. The van der Waals surface area contributed by atoms with E-state index in [0.717, 1.165) is 0 Å². The van der Waals surface area contributed by atoms with Crippen molar-refractivity contribution in [1.29, 1.82) is 0 Å². The molecule has 0 saturated carbocycles. The van der Waals surface area contributed by atoms with Crippen LogP contribution in [0.15, 0.2) is 0 Å². The third-order valence-electron chi connectivity index (χ3n) is 5.29. The number of likely N-dealkylation sites (tertiary alicyclic amines) is 2. The van der Waals surface area contributed by atoms with Crippen molar-refractivity contribution < 1.29 is 83.0 Å². The van der Waals surface area contributed by atoms with Gasteiger partial charge in [-0.15, -0.1) is 0 Å². The quantitative estimate of drug-likeness (QED) is 0.256. The van der Waals surface area contributed by atoms with Crippen LogP contribution in [-0.4, -0.2) is 114 Å². The molecule has 0 aromatic heterocycles. The summed E-state index contributed by atoms with van der Waals surface area (Å²) in [4.78, 5) is 48.2. The first-order chi connectivity index (χ1) is 17.1. The molecule has 2 rings (SSSR count). The number of rotatable bonds is 6. The SMILES string of the molecule is CC(C)(C)OC(=O)N1CCC(OCC(=O)O)CC1.COC(=O)COC1CCN(C(=O)OC(C)(C)C)CC1.[Na+].[OH-]. The fraction of sp³-hybridized carbons (Fsp3) is 0.840. The zero-order valence-electron chi connectivity index (χ0n) is 24.7. The van der Waals surface area contributed by atoms with Gasteiger partial charge in [0.2, 0.25) is 0 Å². The summed E-state index contributed by atoms with van der Waals surface area (Å²) >= 11 is 0.